The summed E-state index contributed by atoms with van der Waals surface area (Å²) in [6, 6.07) is 7.80. The molecule has 0 radical (unpaired) electrons. The van der Waals surface area contributed by atoms with Gasteiger partial charge in [0, 0.05) is 16.7 Å². The first-order chi connectivity index (χ1) is 8.88. The Labute approximate surface area is 119 Å². The van der Waals surface area contributed by atoms with Gasteiger partial charge in [-0.25, -0.2) is 4.98 Å². The second-order valence-electron chi connectivity index (χ2n) is 3.89. The summed E-state index contributed by atoms with van der Waals surface area (Å²) in [6.45, 7) is 1.87. The van der Waals surface area contributed by atoms with Crippen LogP contribution in [0.25, 0.3) is 0 Å². The van der Waals surface area contributed by atoms with E-state index in [9.17, 15) is 8.42 Å². The third-order valence-electron chi connectivity index (χ3n) is 2.36. The van der Waals surface area contributed by atoms with Crippen molar-refractivity contribution in [3.8, 4) is 5.75 Å². The van der Waals surface area contributed by atoms with Gasteiger partial charge >= 0.3 is 10.1 Å². The lowest BCUT2D eigenvalue weighted by atomic mass is 10.2. The first-order valence-electron chi connectivity index (χ1n) is 5.31. The zero-order chi connectivity index (χ0) is 14.0. The smallest absolute Gasteiger partial charge is 0.339 e. The number of benzene rings is 1. The molecule has 0 saturated carbocycles. The van der Waals surface area contributed by atoms with E-state index < -0.39 is 10.1 Å². The topological polar surface area (TPSA) is 82.3 Å². The first kappa shape index (κ1) is 13.8. The fourth-order valence-corrected chi connectivity index (χ4v) is 2.62. The number of aryl methyl sites for hydroxylation is 1. The van der Waals surface area contributed by atoms with Crippen molar-refractivity contribution in [2.45, 2.75) is 11.8 Å². The molecule has 2 rings (SSSR count). The Hall–Kier alpha value is -1.60. The summed E-state index contributed by atoms with van der Waals surface area (Å²) in [5.74, 6) is 0.00818. The number of hydrogen-bond acceptors (Lipinski definition) is 5. The molecule has 1 heterocycles. The lowest BCUT2D eigenvalue weighted by Crippen LogP contribution is -2.11. The molecule has 1 aromatic heterocycles. The van der Waals surface area contributed by atoms with Gasteiger partial charge in [-0.2, -0.15) is 8.42 Å². The van der Waals surface area contributed by atoms with Crippen LogP contribution in [0.4, 0.5) is 5.82 Å². The van der Waals surface area contributed by atoms with Crippen molar-refractivity contribution >= 4 is 31.9 Å². The van der Waals surface area contributed by atoms with Crippen LogP contribution in [0.2, 0.25) is 0 Å². The van der Waals surface area contributed by atoms with E-state index in [0.717, 1.165) is 5.56 Å². The van der Waals surface area contributed by atoms with Crippen LogP contribution in [-0.4, -0.2) is 13.4 Å². The van der Waals surface area contributed by atoms with Crippen LogP contribution in [-0.2, 0) is 10.1 Å². The van der Waals surface area contributed by atoms with E-state index in [0.29, 0.717) is 4.47 Å². The minimum atomic E-state index is -3.91. The van der Waals surface area contributed by atoms with E-state index in [4.69, 9.17) is 9.92 Å². The molecule has 1 aromatic carbocycles. The lowest BCUT2D eigenvalue weighted by Gasteiger charge is -2.09. The molecule has 2 N–H and O–H groups in total. The van der Waals surface area contributed by atoms with Gasteiger partial charge in [0.15, 0.2) is 11.6 Å². The molecular formula is C12H11BrN2O3S. The predicted molar refractivity (Wildman–Crippen MR) is 75.3 cm³/mol. The number of rotatable bonds is 3. The minimum absolute atomic E-state index is 0.00468. The largest absolute Gasteiger partial charge is 0.381 e. The number of nitrogen functional groups attached to an aromatic ring is 1. The van der Waals surface area contributed by atoms with Gasteiger partial charge < -0.3 is 9.92 Å². The number of aromatic nitrogens is 1. The molecule has 19 heavy (non-hydrogen) atoms. The number of anilines is 1. The van der Waals surface area contributed by atoms with Gasteiger partial charge in [0.2, 0.25) is 0 Å². The number of pyridine rings is 1. The van der Waals surface area contributed by atoms with Crippen LogP contribution in [0.5, 0.6) is 5.75 Å². The number of halogens is 1. The average Bonchev–Trinajstić information content (AvgIpc) is 2.34. The van der Waals surface area contributed by atoms with E-state index in [-0.39, 0.29) is 16.5 Å². The van der Waals surface area contributed by atoms with E-state index >= 15 is 0 Å². The fraction of sp³-hybridized carbons (Fsp3) is 0.0833. The first-order valence-corrected chi connectivity index (χ1v) is 7.51. The van der Waals surface area contributed by atoms with Crippen molar-refractivity contribution in [3.63, 3.8) is 0 Å². The van der Waals surface area contributed by atoms with Gasteiger partial charge in [-0.05, 0) is 35.0 Å². The number of nitrogens with two attached hydrogens (primary N) is 1. The molecule has 0 fully saturated rings. The molecule has 0 atom stereocenters. The van der Waals surface area contributed by atoms with Crippen molar-refractivity contribution in [3.05, 3.63) is 46.6 Å². The normalized spacial score (nSPS) is 11.3. The van der Waals surface area contributed by atoms with Gasteiger partial charge in [-0.3, -0.25) is 0 Å². The predicted octanol–water partition coefficient (Wildman–Crippen LogP) is 2.50. The molecule has 100 valence electrons. The lowest BCUT2D eigenvalue weighted by molar-refractivity contribution is 0.486. The zero-order valence-electron chi connectivity index (χ0n) is 10.00. The quantitative estimate of drug-likeness (QED) is 0.866. The Bertz CT molecular complexity index is 699. The summed E-state index contributed by atoms with van der Waals surface area (Å²) >= 11 is 3.18. The molecule has 0 aliphatic heterocycles. The van der Waals surface area contributed by atoms with Gasteiger partial charge in [0.05, 0.1) is 0 Å². The second-order valence-corrected chi connectivity index (χ2v) is 6.35. The zero-order valence-corrected chi connectivity index (χ0v) is 12.4. The maximum atomic E-state index is 12.1. The molecule has 0 aliphatic rings. The molecule has 2 aromatic rings. The van der Waals surface area contributed by atoms with Crippen molar-refractivity contribution < 1.29 is 12.6 Å². The Morgan fingerprint density at radius 2 is 1.89 bits per heavy atom. The van der Waals surface area contributed by atoms with Crippen molar-refractivity contribution in [1.29, 1.82) is 0 Å². The van der Waals surface area contributed by atoms with Crippen LogP contribution in [0.3, 0.4) is 0 Å². The molecular weight excluding hydrogens is 332 g/mol. The van der Waals surface area contributed by atoms with Crippen LogP contribution in [0.15, 0.2) is 45.9 Å². The Morgan fingerprint density at radius 3 is 2.53 bits per heavy atom. The molecule has 0 aliphatic carbocycles. The van der Waals surface area contributed by atoms with Crippen molar-refractivity contribution in [2.75, 3.05) is 5.73 Å². The van der Waals surface area contributed by atoms with Gasteiger partial charge in [-0.15, -0.1) is 0 Å². The van der Waals surface area contributed by atoms with E-state index in [1.807, 2.05) is 6.92 Å². The summed E-state index contributed by atoms with van der Waals surface area (Å²) in [6.07, 6.45) is 1.46. The highest BCUT2D eigenvalue weighted by atomic mass is 79.9. The third-order valence-corrected chi connectivity index (χ3v) is 4.04. The van der Waals surface area contributed by atoms with Crippen LogP contribution in [0, 0.1) is 6.92 Å². The molecule has 0 saturated heterocycles. The fourth-order valence-electron chi connectivity index (χ4n) is 1.37. The summed E-state index contributed by atoms with van der Waals surface area (Å²) in [4.78, 5) is 3.88. The maximum absolute atomic E-state index is 12.1. The van der Waals surface area contributed by atoms with Crippen LogP contribution >= 0.6 is 15.9 Å². The van der Waals surface area contributed by atoms with Gasteiger partial charge in [-0.1, -0.05) is 17.7 Å². The van der Waals surface area contributed by atoms with E-state index in [1.165, 1.54) is 24.4 Å². The molecule has 7 heteroatoms. The highest BCUT2D eigenvalue weighted by molar-refractivity contribution is 9.10. The highest BCUT2D eigenvalue weighted by Gasteiger charge is 2.18. The molecule has 0 bridgehead atoms. The van der Waals surface area contributed by atoms with Crippen LogP contribution in [0.1, 0.15) is 5.56 Å². The number of nitrogens with zero attached hydrogens (tertiary/aromatic N) is 1. The average molecular weight is 343 g/mol. The Morgan fingerprint density at radius 1 is 1.26 bits per heavy atom. The number of hydrogen-bond donors (Lipinski definition) is 1. The highest BCUT2D eigenvalue weighted by Crippen LogP contribution is 2.26. The molecule has 0 unspecified atom stereocenters. The Kier molecular flexibility index (Phi) is 3.77. The molecule has 0 spiro atoms. The standard InChI is InChI=1S/C12H11BrN2O3S/c1-8-2-4-10(5-3-8)19(16,17)18-11-6-9(13)7-15-12(11)14/h2-7H,1H3,(H2,14,15). The SMILES string of the molecule is Cc1ccc(S(=O)(=O)Oc2cc(Br)cnc2N)cc1. The summed E-state index contributed by atoms with van der Waals surface area (Å²) in [7, 11) is -3.91. The molecule has 0 amide bonds. The summed E-state index contributed by atoms with van der Waals surface area (Å²) < 4.78 is 29.7. The van der Waals surface area contributed by atoms with Crippen molar-refractivity contribution in [1.82, 2.24) is 4.98 Å². The minimum Gasteiger partial charge on any atom is -0.381 e. The van der Waals surface area contributed by atoms with Gasteiger partial charge in [0.25, 0.3) is 0 Å². The summed E-state index contributed by atoms with van der Waals surface area (Å²) in [5.41, 5.74) is 6.54. The van der Waals surface area contributed by atoms with E-state index in [1.54, 1.807) is 12.1 Å². The van der Waals surface area contributed by atoms with Gasteiger partial charge in [0.1, 0.15) is 4.90 Å². The van der Waals surface area contributed by atoms with Crippen molar-refractivity contribution in [2.24, 2.45) is 0 Å². The monoisotopic (exact) mass is 342 g/mol. The summed E-state index contributed by atoms with van der Waals surface area (Å²) in [5, 5.41) is 0. The maximum Gasteiger partial charge on any atom is 0.339 e. The molecule has 5 nitrogen and oxygen atoms in total. The second kappa shape index (κ2) is 5.18. The van der Waals surface area contributed by atoms with Crippen LogP contribution < -0.4 is 9.92 Å². The third kappa shape index (κ3) is 3.24. The van der Waals surface area contributed by atoms with E-state index in [2.05, 4.69) is 20.9 Å². The Balaban J connectivity index is 2.36.